The highest BCUT2D eigenvalue weighted by atomic mass is 32.1. The van der Waals surface area contributed by atoms with Crippen molar-refractivity contribution in [3.63, 3.8) is 0 Å². The topological polar surface area (TPSA) is 50.7 Å². The molecule has 1 unspecified atom stereocenters. The van der Waals surface area contributed by atoms with Crippen molar-refractivity contribution in [2.45, 2.75) is 32.2 Å². The third-order valence-electron chi connectivity index (χ3n) is 3.45. The SMILES string of the molecule is CCCc1nnsc1C(Cc1nc2ccccc2s1)NC. The van der Waals surface area contributed by atoms with Crippen LogP contribution in [0.2, 0.25) is 0 Å². The summed E-state index contributed by atoms with van der Waals surface area (Å²) in [5, 5.41) is 8.82. The van der Waals surface area contributed by atoms with Gasteiger partial charge in [-0.25, -0.2) is 4.98 Å². The highest BCUT2D eigenvalue weighted by molar-refractivity contribution is 7.18. The van der Waals surface area contributed by atoms with E-state index in [1.54, 1.807) is 11.3 Å². The number of likely N-dealkylation sites (N-methyl/N-ethyl adjacent to an activating group) is 1. The Morgan fingerprint density at radius 3 is 2.90 bits per heavy atom. The molecule has 1 atom stereocenters. The number of fused-ring (bicyclic) bond motifs is 1. The Labute approximate surface area is 132 Å². The molecule has 0 aliphatic rings. The molecule has 0 saturated heterocycles. The smallest absolute Gasteiger partial charge is 0.0957 e. The fourth-order valence-corrected chi connectivity index (χ4v) is 4.21. The first-order chi connectivity index (χ1) is 10.3. The first-order valence-corrected chi connectivity index (χ1v) is 8.73. The van der Waals surface area contributed by atoms with Crippen LogP contribution in [0.15, 0.2) is 24.3 Å². The summed E-state index contributed by atoms with van der Waals surface area (Å²) in [6, 6.07) is 8.54. The van der Waals surface area contributed by atoms with Gasteiger partial charge in [0, 0.05) is 6.42 Å². The molecule has 2 heterocycles. The number of aryl methyl sites for hydroxylation is 1. The molecule has 0 bridgehead atoms. The number of benzene rings is 1. The molecule has 0 spiro atoms. The van der Waals surface area contributed by atoms with Crippen molar-refractivity contribution in [2.75, 3.05) is 7.05 Å². The average molecular weight is 318 g/mol. The molecular weight excluding hydrogens is 300 g/mol. The lowest BCUT2D eigenvalue weighted by Gasteiger charge is -2.13. The van der Waals surface area contributed by atoms with Crippen LogP contribution in [0.25, 0.3) is 10.2 Å². The van der Waals surface area contributed by atoms with E-state index in [0.29, 0.717) is 0 Å². The summed E-state index contributed by atoms with van der Waals surface area (Å²) < 4.78 is 5.38. The highest BCUT2D eigenvalue weighted by Gasteiger charge is 2.19. The van der Waals surface area contributed by atoms with Gasteiger partial charge in [0.25, 0.3) is 0 Å². The third-order valence-corrected chi connectivity index (χ3v) is 5.39. The first kappa shape index (κ1) is 14.6. The molecule has 21 heavy (non-hydrogen) atoms. The van der Waals surface area contributed by atoms with Gasteiger partial charge < -0.3 is 5.32 Å². The molecule has 1 N–H and O–H groups in total. The van der Waals surface area contributed by atoms with Crippen molar-refractivity contribution in [1.29, 1.82) is 0 Å². The van der Waals surface area contributed by atoms with Gasteiger partial charge in [-0.3, -0.25) is 0 Å². The number of nitrogens with one attached hydrogen (secondary N) is 1. The Bertz CT molecular complexity index is 686. The second-order valence-electron chi connectivity index (χ2n) is 4.95. The summed E-state index contributed by atoms with van der Waals surface area (Å²) in [5.74, 6) is 0. The number of aromatic nitrogens is 3. The monoisotopic (exact) mass is 318 g/mol. The van der Waals surface area contributed by atoms with Crippen molar-refractivity contribution in [3.8, 4) is 0 Å². The lowest BCUT2D eigenvalue weighted by atomic mass is 10.1. The summed E-state index contributed by atoms with van der Waals surface area (Å²) in [5.41, 5.74) is 2.21. The van der Waals surface area contributed by atoms with Crippen LogP contribution in [0, 0.1) is 0 Å². The molecule has 110 valence electrons. The van der Waals surface area contributed by atoms with Crippen LogP contribution >= 0.6 is 22.9 Å². The minimum absolute atomic E-state index is 0.243. The molecule has 3 rings (SSSR count). The molecule has 0 aliphatic carbocycles. The summed E-state index contributed by atoms with van der Waals surface area (Å²) >= 11 is 3.27. The maximum absolute atomic E-state index is 4.73. The van der Waals surface area contributed by atoms with Gasteiger partial charge >= 0.3 is 0 Å². The lowest BCUT2D eigenvalue weighted by Crippen LogP contribution is -2.19. The Kier molecular flexibility index (Phi) is 4.57. The quantitative estimate of drug-likeness (QED) is 0.754. The van der Waals surface area contributed by atoms with Crippen LogP contribution in [-0.2, 0) is 12.8 Å². The molecule has 0 amide bonds. The Morgan fingerprint density at radius 1 is 1.29 bits per heavy atom. The van der Waals surface area contributed by atoms with E-state index in [-0.39, 0.29) is 6.04 Å². The van der Waals surface area contributed by atoms with E-state index in [1.807, 2.05) is 13.1 Å². The molecule has 0 radical (unpaired) electrons. The van der Waals surface area contributed by atoms with Gasteiger partial charge in [0.05, 0.1) is 31.8 Å². The number of hydrogen-bond acceptors (Lipinski definition) is 6. The molecule has 4 nitrogen and oxygen atoms in total. The van der Waals surface area contributed by atoms with E-state index in [9.17, 15) is 0 Å². The van der Waals surface area contributed by atoms with Gasteiger partial charge in [-0.2, -0.15) is 0 Å². The second-order valence-corrected chi connectivity index (χ2v) is 6.86. The van der Waals surface area contributed by atoms with Crippen LogP contribution in [0.3, 0.4) is 0 Å². The van der Waals surface area contributed by atoms with E-state index in [0.717, 1.165) is 35.5 Å². The zero-order chi connectivity index (χ0) is 14.7. The van der Waals surface area contributed by atoms with Crippen molar-refractivity contribution < 1.29 is 0 Å². The zero-order valence-electron chi connectivity index (χ0n) is 12.2. The van der Waals surface area contributed by atoms with Crippen LogP contribution in [0.4, 0.5) is 0 Å². The summed E-state index contributed by atoms with van der Waals surface area (Å²) in [6.07, 6.45) is 2.97. The molecular formula is C15H18N4S2. The Balaban J connectivity index is 1.85. The molecule has 6 heteroatoms. The van der Waals surface area contributed by atoms with Crippen molar-refractivity contribution >= 4 is 33.1 Å². The van der Waals surface area contributed by atoms with E-state index in [2.05, 4.69) is 40.0 Å². The molecule has 0 fully saturated rings. The highest BCUT2D eigenvalue weighted by Crippen LogP contribution is 2.28. The van der Waals surface area contributed by atoms with Crippen LogP contribution in [-0.4, -0.2) is 21.6 Å². The van der Waals surface area contributed by atoms with Gasteiger partial charge in [0.15, 0.2) is 0 Å². The van der Waals surface area contributed by atoms with E-state index >= 15 is 0 Å². The third kappa shape index (κ3) is 3.12. The number of thiazole rings is 1. The predicted molar refractivity (Wildman–Crippen MR) is 89.0 cm³/mol. The second kappa shape index (κ2) is 6.60. The Morgan fingerprint density at radius 2 is 2.14 bits per heavy atom. The minimum Gasteiger partial charge on any atom is -0.312 e. The fraction of sp³-hybridized carbons (Fsp3) is 0.400. The zero-order valence-corrected chi connectivity index (χ0v) is 13.8. The van der Waals surface area contributed by atoms with Crippen molar-refractivity contribution in [3.05, 3.63) is 39.8 Å². The van der Waals surface area contributed by atoms with E-state index < -0.39 is 0 Å². The van der Waals surface area contributed by atoms with Crippen molar-refractivity contribution in [2.24, 2.45) is 0 Å². The first-order valence-electron chi connectivity index (χ1n) is 7.14. The molecule has 0 saturated carbocycles. The summed E-state index contributed by atoms with van der Waals surface area (Å²) in [6.45, 7) is 2.17. The normalized spacial score (nSPS) is 12.9. The molecule has 1 aromatic carbocycles. The van der Waals surface area contributed by atoms with Gasteiger partial charge in [0.1, 0.15) is 0 Å². The molecule has 0 aliphatic heterocycles. The van der Waals surface area contributed by atoms with Gasteiger partial charge in [0.2, 0.25) is 0 Å². The van der Waals surface area contributed by atoms with E-state index in [4.69, 9.17) is 4.98 Å². The van der Waals surface area contributed by atoms with Gasteiger partial charge in [-0.15, -0.1) is 16.4 Å². The molecule has 2 aromatic heterocycles. The average Bonchev–Trinajstić information content (AvgIpc) is 3.11. The fourth-order valence-electron chi connectivity index (χ4n) is 2.40. The summed E-state index contributed by atoms with van der Waals surface area (Å²) in [7, 11) is 1.99. The van der Waals surface area contributed by atoms with Gasteiger partial charge in [-0.05, 0) is 37.1 Å². The molecule has 3 aromatic rings. The largest absolute Gasteiger partial charge is 0.312 e. The predicted octanol–water partition coefficient (Wildman–Crippen LogP) is 3.60. The number of rotatable bonds is 6. The lowest BCUT2D eigenvalue weighted by molar-refractivity contribution is 0.592. The standard InChI is InChI=1S/C15H18N4S2/c1-3-6-11-15(21-19-18-11)12(16-2)9-14-17-10-7-4-5-8-13(10)20-14/h4-5,7-8,12,16H,3,6,9H2,1-2H3. The number of para-hydroxylation sites is 1. The maximum atomic E-state index is 4.73. The number of nitrogens with zero attached hydrogens (tertiary/aromatic N) is 3. The van der Waals surface area contributed by atoms with Crippen molar-refractivity contribution in [1.82, 2.24) is 19.9 Å². The van der Waals surface area contributed by atoms with E-state index in [1.165, 1.54) is 21.1 Å². The maximum Gasteiger partial charge on any atom is 0.0957 e. The van der Waals surface area contributed by atoms with Gasteiger partial charge in [-0.1, -0.05) is 30.0 Å². The summed E-state index contributed by atoms with van der Waals surface area (Å²) in [4.78, 5) is 5.98. The van der Waals surface area contributed by atoms with Crippen LogP contribution < -0.4 is 5.32 Å². The van der Waals surface area contributed by atoms with Crippen LogP contribution in [0.1, 0.15) is 35.0 Å². The Hall–Kier alpha value is -1.37. The number of hydrogen-bond donors (Lipinski definition) is 1. The minimum atomic E-state index is 0.243. The van der Waals surface area contributed by atoms with Crippen LogP contribution in [0.5, 0.6) is 0 Å².